The van der Waals surface area contributed by atoms with Crippen molar-refractivity contribution in [2.45, 2.75) is 13.1 Å². The molecule has 0 fully saturated rings. The highest BCUT2D eigenvalue weighted by Gasteiger charge is 2.19. The number of aromatic carboxylic acids is 1. The maximum atomic E-state index is 12.2. The highest BCUT2D eigenvalue weighted by molar-refractivity contribution is 6.06. The summed E-state index contributed by atoms with van der Waals surface area (Å²) in [6.45, 7) is 1.47. The number of ether oxygens (including phenoxy) is 1. The van der Waals surface area contributed by atoms with Crippen LogP contribution in [0.5, 0.6) is 11.5 Å². The number of hydrogen-bond donors (Lipinski definition) is 5. The standard InChI is InChI=1S/C20H20N4O5/c1-10-16(20(27)28)18(22)17-13(23-10)6-3-7-14(17)29-9-15(21)24-19(26)11-4-2-5-12(25)8-11/h2-8,15,25H,9,21H2,1H3,(H2,22,23)(H,24,26)(H,27,28)/t15-/m1/s1. The lowest BCUT2D eigenvalue weighted by Gasteiger charge is -2.17. The zero-order chi connectivity index (χ0) is 21.1. The second-order valence-electron chi connectivity index (χ2n) is 6.38. The summed E-state index contributed by atoms with van der Waals surface area (Å²) in [5, 5.41) is 21.8. The number of rotatable bonds is 6. The SMILES string of the molecule is Cc1nc2cccc(OC[C@H](N)NC(=O)c3cccc(O)c3)c2c(N)c1C(=O)O. The van der Waals surface area contributed by atoms with Crippen molar-refractivity contribution in [3.63, 3.8) is 0 Å². The highest BCUT2D eigenvalue weighted by atomic mass is 16.5. The second kappa shape index (κ2) is 8.03. The fraction of sp³-hybridized carbons (Fsp3) is 0.150. The number of aryl methyl sites for hydroxylation is 1. The Morgan fingerprint density at radius 1 is 1.24 bits per heavy atom. The number of carbonyl (C=O) groups excluding carboxylic acids is 1. The number of anilines is 1. The molecule has 3 aromatic rings. The number of nitrogen functional groups attached to an aromatic ring is 1. The summed E-state index contributed by atoms with van der Waals surface area (Å²) < 4.78 is 5.69. The lowest BCUT2D eigenvalue weighted by Crippen LogP contribution is -2.45. The first-order valence-electron chi connectivity index (χ1n) is 8.68. The van der Waals surface area contributed by atoms with Crippen LogP contribution in [0.3, 0.4) is 0 Å². The summed E-state index contributed by atoms with van der Waals surface area (Å²) in [6.07, 6.45) is -0.862. The van der Waals surface area contributed by atoms with E-state index in [1.807, 2.05) is 0 Å². The van der Waals surface area contributed by atoms with Gasteiger partial charge in [0.05, 0.1) is 22.3 Å². The van der Waals surface area contributed by atoms with Gasteiger partial charge in [0.25, 0.3) is 5.91 Å². The fourth-order valence-corrected chi connectivity index (χ4v) is 2.95. The van der Waals surface area contributed by atoms with E-state index in [4.69, 9.17) is 16.2 Å². The normalized spacial score (nSPS) is 11.8. The summed E-state index contributed by atoms with van der Waals surface area (Å²) in [4.78, 5) is 28.0. The van der Waals surface area contributed by atoms with E-state index in [0.29, 0.717) is 22.3 Å². The van der Waals surface area contributed by atoms with Crippen molar-refractivity contribution in [3.8, 4) is 11.5 Å². The van der Waals surface area contributed by atoms with Gasteiger partial charge in [-0.2, -0.15) is 0 Å². The van der Waals surface area contributed by atoms with Gasteiger partial charge in [-0.25, -0.2) is 4.79 Å². The van der Waals surface area contributed by atoms with E-state index in [1.54, 1.807) is 31.2 Å². The molecular weight excluding hydrogens is 376 g/mol. The van der Waals surface area contributed by atoms with Gasteiger partial charge in [0.1, 0.15) is 29.8 Å². The molecule has 2 aromatic carbocycles. The molecule has 0 radical (unpaired) electrons. The zero-order valence-corrected chi connectivity index (χ0v) is 15.5. The van der Waals surface area contributed by atoms with E-state index in [-0.39, 0.29) is 29.2 Å². The number of hydrogen-bond acceptors (Lipinski definition) is 7. The molecule has 29 heavy (non-hydrogen) atoms. The van der Waals surface area contributed by atoms with Crippen LogP contribution in [-0.4, -0.2) is 39.8 Å². The molecule has 1 atom stereocenters. The lowest BCUT2D eigenvalue weighted by atomic mass is 10.1. The number of phenolic OH excluding ortho intramolecular Hbond substituents is 1. The molecule has 0 saturated heterocycles. The third kappa shape index (κ3) is 4.19. The van der Waals surface area contributed by atoms with Crippen LogP contribution >= 0.6 is 0 Å². The predicted molar refractivity (Wildman–Crippen MR) is 107 cm³/mol. The van der Waals surface area contributed by atoms with E-state index in [9.17, 15) is 19.8 Å². The number of carbonyl (C=O) groups is 2. The average molecular weight is 396 g/mol. The van der Waals surface area contributed by atoms with Gasteiger partial charge in [0.15, 0.2) is 0 Å². The molecule has 0 saturated carbocycles. The zero-order valence-electron chi connectivity index (χ0n) is 15.5. The highest BCUT2D eigenvalue weighted by Crippen LogP contribution is 2.33. The van der Waals surface area contributed by atoms with Gasteiger partial charge >= 0.3 is 5.97 Å². The Balaban J connectivity index is 1.79. The van der Waals surface area contributed by atoms with Gasteiger partial charge in [0.2, 0.25) is 0 Å². The lowest BCUT2D eigenvalue weighted by molar-refractivity contribution is 0.0696. The molecule has 3 rings (SSSR count). The predicted octanol–water partition coefficient (Wildman–Crippen LogP) is 1.62. The van der Waals surface area contributed by atoms with Crippen molar-refractivity contribution >= 4 is 28.5 Å². The molecule has 7 N–H and O–H groups in total. The van der Waals surface area contributed by atoms with Crippen LogP contribution in [0, 0.1) is 6.92 Å². The van der Waals surface area contributed by atoms with Crippen LogP contribution in [-0.2, 0) is 0 Å². The quantitative estimate of drug-likeness (QED) is 0.393. The van der Waals surface area contributed by atoms with Crippen molar-refractivity contribution in [2.75, 3.05) is 12.3 Å². The molecule has 1 heterocycles. The topological polar surface area (TPSA) is 161 Å². The largest absolute Gasteiger partial charge is 0.508 e. The maximum absolute atomic E-state index is 12.2. The molecule has 1 aromatic heterocycles. The van der Waals surface area contributed by atoms with Crippen LogP contribution in [0.2, 0.25) is 0 Å². The van der Waals surface area contributed by atoms with Gasteiger partial charge < -0.3 is 31.7 Å². The van der Waals surface area contributed by atoms with Crippen molar-refractivity contribution in [1.29, 1.82) is 0 Å². The molecule has 0 bridgehead atoms. The Hall–Kier alpha value is -3.85. The molecule has 9 heteroatoms. The van der Waals surface area contributed by atoms with Crippen LogP contribution in [0.4, 0.5) is 5.69 Å². The first-order chi connectivity index (χ1) is 13.8. The molecular formula is C20H20N4O5. The first kappa shape index (κ1) is 19.9. The minimum atomic E-state index is -1.18. The van der Waals surface area contributed by atoms with E-state index in [2.05, 4.69) is 10.3 Å². The average Bonchev–Trinajstić information content (AvgIpc) is 2.65. The smallest absolute Gasteiger partial charge is 0.339 e. The third-order valence-electron chi connectivity index (χ3n) is 4.25. The fourth-order valence-electron chi connectivity index (χ4n) is 2.95. The van der Waals surface area contributed by atoms with Gasteiger partial charge in [-0.15, -0.1) is 0 Å². The van der Waals surface area contributed by atoms with Crippen molar-refractivity contribution in [2.24, 2.45) is 5.73 Å². The van der Waals surface area contributed by atoms with Gasteiger partial charge in [0, 0.05) is 5.56 Å². The number of aromatic nitrogens is 1. The second-order valence-corrected chi connectivity index (χ2v) is 6.38. The molecule has 0 aliphatic heterocycles. The monoisotopic (exact) mass is 396 g/mol. The molecule has 0 spiro atoms. The number of carboxylic acids is 1. The minimum Gasteiger partial charge on any atom is -0.508 e. The van der Waals surface area contributed by atoms with Crippen LogP contribution in [0.1, 0.15) is 26.4 Å². The number of amides is 1. The molecule has 150 valence electrons. The van der Waals surface area contributed by atoms with Crippen molar-refractivity contribution in [1.82, 2.24) is 10.3 Å². The number of fused-ring (bicyclic) bond motifs is 1. The molecule has 0 aliphatic carbocycles. The van der Waals surface area contributed by atoms with Gasteiger partial charge in [-0.3, -0.25) is 9.78 Å². The summed E-state index contributed by atoms with van der Waals surface area (Å²) in [5.41, 5.74) is 13.0. The first-order valence-corrected chi connectivity index (χ1v) is 8.68. The number of aromatic hydroxyl groups is 1. The van der Waals surface area contributed by atoms with Crippen LogP contribution < -0.4 is 21.5 Å². The summed E-state index contributed by atoms with van der Waals surface area (Å²) in [7, 11) is 0. The Labute approximate surface area is 165 Å². The number of pyridine rings is 1. The van der Waals surface area contributed by atoms with E-state index in [1.165, 1.54) is 18.2 Å². The number of carboxylic acid groups (broad SMARTS) is 1. The number of benzene rings is 2. The van der Waals surface area contributed by atoms with E-state index < -0.39 is 18.0 Å². The van der Waals surface area contributed by atoms with Crippen molar-refractivity contribution < 1.29 is 24.5 Å². The van der Waals surface area contributed by atoms with E-state index in [0.717, 1.165) is 0 Å². The van der Waals surface area contributed by atoms with Gasteiger partial charge in [-0.1, -0.05) is 12.1 Å². The summed E-state index contributed by atoms with van der Waals surface area (Å²) in [6, 6.07) is 10.9. The van der Waals surface area contributed by atoms with E-state index >= 15 is 0 Å². The summed E-state index contributed by atoms with van der Waals surface area (Å²) >= 11 is 0. The molecule has 1 amide bonds. The van der Waals surface area contributed by atoms with Crippen LogP contribution in [0.15, 0.2) is 42.5 Å². The number of phenols is 1. The molecule has 0 aliphatic rings. The number of nitrogens with zero attached hydrogens (tertiary/aromatic N) is 1. The van der Waals surface area contributed by atoms with Crippen molar-refractivity contribution in [3.05, 3.63) is 59.3 Å². The maximum Gasteiger partial charge on any atom is 0.339 e. The Bertz CT molecular complexity index is 1100. The summed E-state index contributed by atoms with van der Waals surface area (Å²) in [5.74, 6) is -1.39. The Morgan fingerprint density at radius 2 is 1.97 bits per heavy atom. The Kier molecular flexibility index (Phi) is 5.51. The molecule has 9 nitrogen and oxygen atoms in total. The number of nitrogens with one attached hydrogen (secondary N) is 1. The minimum absolute atomic E-state index is 0.0364. The molecule has 0 unspecified atom stereocenters. The Morgan fingerprint density at radius 3 is 2.66 bits per heavy atom. The van der Waals surface area contributed by atoms with Gasteiger partial charge in [-0.05, 0) is 37.3 Å². The third-order valence-corrected chi connectivity index (χ3v) is 4.25. The van der Waals surface area contributed by atoms with Crippen LogP contribution in [0.25, 0.3) is 10.9 Å². The number of nitrogens with two attached hydrogens (primary N) is 2.